The van der Waals surface area contributed by atoms with E-state index in [1.807, 2.05) is 0 Å². The van der Waals surface area contributed by atoms with Crippen LogP contribution in [0, 0.1) is 20.5 Å². The Kier molecular flexibility index (Phi) is 1.96. The lowest BCUT2D eigenvalue weighted by Gasteiger charge is -1.99. The molecule has 0 aliphatic carbocycles. The van der Waals surface area contributed by atoms with Crippen molar-refractivity contribution >= 4 is 27.8 Å². The average molecular weight is 269 g/mol. The third-order valence-electron chi connectivity index (χ3n) is 2.49. The average Bonchev–Trinajstić information content (AvgIpc) is 2.92. The topological polar surface area (TPSA) is 158 Å². The molecule has 0 aliphatic rings. The van der Waals surface area contributed by atoms with Crippen molar-refractivity contribution in [3.63, 3.8) is 0 Å². The fourth-order valence-electron chi connectivity index (χ4n) is 1.78. The highest BCUT2D eigenvalue weighted by atomic mass is 16.8. The highest BCUT2D eigenvalue weighted by Crippen LogP contribution is 2.38. The number of benzene rings is 1. The van der Waals surface area contributed by atoms with Crippen molar-refractivity contribution in [2.24, 2.45) is 0 Å². The molecule has 19 heavy (non-hydrogen) atoms. The van der Waals surface area contributed by atoms with Gasteiger partial charge >= 0.3 is 16.7 Å². The summed E-state index contributed by atoms with van der Waals surface area (Å²) in [5.74, 6) is -0.419. The van der Waals surface area contributed by atoms with E-state index in [-0.39, 0.29) is 20.8 Å². The second-order valence-electron chi connectivity index (χ2n) is 3.39. The quantitative estimate of drug-likeness (QED) is 0.328. The van der Waals surface area contributed by atoms with Gasteiger partial charge in [-0.05, 0) is 9.81 Å². The first-order valence-corrected chi connectivity index (χ1v) is 4.69. The van der Waals surface area contributed by atoms with Crippen LogP contribution in [0.15, 0.2) is 9.26 Å². The molecule has 12 nitrogen and oxygen atoms in total. The Morgan fingerprint density at radius 1 is 1.16 bits per heavy atom. The Balaban J connectivity index is 2.68. The first-order chi connectivity index (χ1) is 9.06. The number of hydrogen-bond donors (Lipinski definition) is 0. The number of ether oxygens (including phenoxy) is 1. The number of nitro benzene ring substituents is 1. The molecule has 0 fully saturated rings. The first kappa shape index (κ1) is 10.9. The highest BCUT2D eigenvalue weighted by Gasteiger charge is 2.39. The van der Waals surface area contributed by atoms with E-state index in [4.69, 9.17) is 4.74 Å². The van der Waals surface area contributed by atoms with E-state index < -0.39 is 27.4 Å². The molecule has 1 aromatic carbocycles. The summed E-state index contributed by atoms with van der Waals surface area (Å²) in [5, 5.41) is 40.5. The van der Waals surface area contributed by atoms with Crippen molar-refractivity contribution < 1.29 is 28.7 Å². The van der Waals surface area contributed by atoms with Gasteiger partial charge in [-0.3, -0.25) is 19.4 Å². The third-order valence-corrected chi connectivity index (χ3v) is 2.49. The normalized spacial score (nSPS) is 11.2. The summed E-state index contributed by atoms with van der Waals surface area (Å²) < 4.78 is 13.4. The van der Waals surface area contributed by atoms with E-state index in [1.165, 1.54) is 0 Å². The SMILES string of the molecule is COc1c([N+](=O)[O-])c2no[n+]([O-])c2c2no[n+]([O-])c12. The van der Waals surface area contributed by atoms with E-state index in [0.29, 0.717) is 0 Å². The molecule has 0 radical (unpaired) electrons. The highest BCUT2D eigenvalue weighted by molar-refractivity contribution is 6.05. The van der Waals surface area contributed by atoms with E-state index in [2.05, 4.69) is 19.6 Å². The number of fused-ring (bicyclic) bond motifs is 3. The summed E-state index contributed by atoms with van der Waals surface area (Å²) >= 11 is 0. The minimum atomic E-state index is -0.851. The molecule has 0 saturated carbocycles. The fraction of sp³-hybridized carbons (Fsp3) is 0.143. The first-order valence-electron chi connectivity index (χ1n) is 4.69. The molecule has 0 saturated heterocycles. The summed E-state index contributed by atoms with van der Waals surface area (Å²) in [4.78, 5) is 9.99. The zero-order chi connectivity index (χ0) is 13.7. The molecule has 3 rings (SSSR count). The van der Waals surface area contributed by atoms with Gasteiger partial charge in [-0.2, -0.15) is 0 Å². The minimum absolute atomic E-state index is 0.104. The molecule has 0 aliphatic heterocycles. The molecule has 0 spiro atoms. The molecule has 0 atom stereocenters. The molecule has 0 unspecified atom stereocenters. The van der Waals surface area contributed by atoms with Crippen LogP contribution in [-0.2, 0) is 0 Å². The zero-order valence-electron chi connectivity index (χ0n) is 9.09. The Morgan fingerprint density at radius 2 is 1.74 bits per heavy atom. The van der Waals surface area contributed by atoms with Gasteiger partial charge in [0, 0.05) is 0 Å². The monoisotopic (exact) mass is 269 g/mol. The molecule has 2 heterocycles. The van der Waals surface area contributed by atoms with E-state index >= 15 is 0 Å². The number of nitro groups is 1. The van der Waals surface area contributed by atoms with Crippen molar-refractivity contribution in [3.8, 4) is 5.75 Å². The predicted octanol–water partition coefficient (Wildman–Crippen LogP) is -0.847. The number of hydrogen-bond acceptors (Lipinski definition) is 9. The molecular formula is C7H3N5O7. The van der Waals surface area contributed by atoms with Gasteiger partial charge in [-0.1, -0.05) is 0 Å². The zero-order valence-corrected chi connectivity index (χ0v) is 9.09. The Bertz CT molecular complexity index is 820. The molecule has 0 bridgehead atoms. The number of nitrogens with zero attached hydrogens (tertiary/aromatic N) is 5. The fourth-order valence-corrected chi connectivity index (χ4v) is 1.78. The maximum atomic E-state index is 11.4. The second kappa shape index (κ2) is 3.41. The molecule has 12 heteroatoms. The molecule has 0 amide bonds. The Hall–Kier alpha value is -3.18. The van der Waals surface area contributed by atoms with E-state index in [1.54, 1.807) is 0 Å². The summed E-state index contributed by atoms with van der Waals surface area (Å²) in [6.07, 6.45) is 0. The van der Waals surface area contributed by atoms with E-state index in [0.717, 1.165) is 7.11 Å². The third kappa shape index (κ3) is 1.21. The number of aromatic nitrogens is 4. The van der Waals surface area contributed by atoms with Gasteiger partial charge in [-0.15, -0.1) is 0 Å². The van der Waals surface area contributed by atoms with Gasteiger partial charge in [0.1, 0.15) is 0 Å². The summed E-state index contributed by atoms with van der Waals surface area (Å²) in [6, 6.07) is 0. The van der Waals surface area contributed by atoms with Gasteiger partial charge in [0.05, 0.1) is 22.3 Å². The molecular weight excluding hydrogens is 266 g/mol. The van der Waals surface area contributed by atoms with Gasteiger partial charge < -0.3 is 15.2 Å². The minimum Gasteiger partial charge on any atom is -0.487 e. The Labute approximate surface area is 101 Å². The van der Waals surface area contributed by atoms with Crippen LogP contribution in [0.1, 0.15) is 0 Å². The van der Waals surface area contributed by atoms with Crippen molar-refractivity contribution in [2.75, 3.05) is 7.11 Å². The molecule has 3 aromatic rings. The van der Waals surface area contributed by atoms with Crippen LogP contribution >= 0.6 is 0 Å². The Morgan fingerprint density at radius 3 is 2.32 bits per heavy atom. The van der Waals surface area contributed by atoms with Gasteiger partial charge in [0.2, 0.25) is 0 Å². The largest absolute Gasteiger partial charge is 0.487 e. The summed E-state index contributed by atoms with van der Waals surface area (Å²) in [7, 11) is 1.12. The molecule has 98 valence electrons. The lowest BCUT2D eigenvalue weighted by atomic mass is 10.2. The van der Waals surface area contributed by atoms with Gasteiger partial charge in [0.25, 0.3) is 16.8 Å². The van der Waals surface area contributed by atoms with Gasteiger partial charge in [0.15, 0.2) is 0 Å². The molecule has 2 aromatic heterocycles. The maximum absolute atomic E-state index is 11.4. The van der Waals surface area contributed by atoms with Crippen molar-refractivity contribution in [3.05, 3.63) is 20.5 Å². The molecule has 0 N–H and O–H groups in total. The number of methoxy groups -OCH3 is 1. The van der Waals surface area contributed by atoms with Crippen LogP contribution in [0.4, 0.5) is 5.69 Å². The lowest BCUT2D eigenvalue weighted by Crippen LogP contribution is -2.25. The summed E-state index contributed by atoms with van der Waals surface area (Å²) in [5.41, 5.74) is -2.10. The lowest BCUT2D eigenvalue weighted by molar-refractivity contribution is -0.782. The van der Waals surface area contributed by atoms with Crippen LogP contribution in [-0.4, -0.2) is 22.3 Å². The second-order valence-corrected chi connectivity index (χ2v) is 3.39. The van der Waals surface area contributed by atoms with Crippen LogP contribution in [0.25, 0.3) is 22.1 Å². The predicted molar refractivity (Wildman–Crippen MR) is 52.7 cm³/mol. The van der Waals surface area contributed by atoms with Crippen molar-refractivity contribution in [1.29, 1.82) is 0 Å². The number of rotatable bonds is 2. The summed E-state index contributed by atoms with van der Waals surface area (Å²) in [6.45, 7) is 0. The van der Waals surface area contributed by atoms with Gasteiger partial charge in [-0.25, -0.2) is 0 Å². The van der Waals surface area contributed by atoms with Crippen LogP contribution in [0.2, 0.25) is 0 Å². The van der Waals surface area contributed by atoms with Crippen LogP contribution in [0.5, 0.6) is 5.75 Å². The maximum Gasteiger partial charge on any atom is 0.373 e. The standard InChI is InChI=1S/C7H3N5O7/c1-17-7-5(10(13)14)2-4(11(15)18-8-2)3-6(7)12(16)19-9-3/h1H3. The smallest absolute Gasteiger partial charge is 0.373 e. The van der Waals surface area contributed by atoms with Crippen molar-refractivity contribution in [1.82, 2.24) is 10.3 Å². The van der Waals surface area contributed by atoms with Crippen LogP contribution in [0.3, 0.4) is 0 Å². The van der Waals surface area contributed by atoms with Crippen molar-refractivity contribution in [2.45, 2.75) is 0 Å². The van der Waals surface area contributed by atoms with E-state index in [9.17, 15) is 20.5 Å². The van der Waals surface area contributed by atoms with Crippen LogP contribution < -0.4 is 14.5 Å².